The molecule has 33 heavy (non-hydrogen) atoms. The number of halogens is 1. The summed E-state index contributed by atoms with van der Waals surface area (Å²) in [6.45, 7) is 1.25. The van der Waals surface area contributed by atoms with E-state index in [2.05, 4.69) is 15.3 Å². The number of ether oxygens (including phenoxy) is 2. The van der Waals surface area contributed by atoms with E-state index >= 15 is 0 Å². The first-order valence-electron chi connectivity index (χ1n) is 10.6. The number of hydrogen-bond donors (Lipinski definition) is 2. The Balaban J connectivity index is 1.54. The molecule has 0 radical (unpaired) electrons. The van der Waals surface area contributed by atoms with Gasteiger partial charge in [0.25, 0.3) is 0 Å². The number of nitrogens with two attached hydrogens (primary N) is 1. The Kier molecular flexibility index (Phi) is 6.69. The second kappa shape index (κ2) is 9.83. The van der Waals surface area contributed by atoms with Gasteiger partial charge in [0.2, 0.25) is 11.9 Å². The van der Waals surface area contributed by atoms with Gasteiger partial charge in [-0.3, -0.25) is 4.79 Å². The van der Waals surface area contributed by atoms with E-state index < -0.39 is 11.7 Å². The molecule has 1 aliphatic heterocycles. The highest BCUT2D eigenvalue weighted by molar-refractivity contribution is 5.95. The van der Waals surface area contributed by atoms with Crippen LogP contribution in [-0.2, 0) is 11.2 Å². The number of anilines is 2. The third-order valence-corrected chi connectivity index (χ3v) is 5.32. The third-order valence-electron chi connectivity index (χ3n) is 5.32. The number of likely N-dealkylation sites (N-methyl/N-ethyl adjacent to an activating group) is 1. The second-order valence-electron chi connectivity index (χ2n) is 8.09. The first-order valence-corrected chi connectivity index (χ1v) is 10.6. The van der Waals surface area contributed by atoms with Crippen molar-refractivity contribution in [3.05, 3.63) is 60.0 Å². The summed E-state index contributed by atoms with van der Waals surface area (Å²) < 4.78 is 25.4. The molecule has 8 nitrogen and oxygen atoms in total. The lowest BCUT2D eigenvalue weighted by Crippen LogP contribution is -2.33. The minimum atomic E-state index is -0.449. The molecule has 0 spiro atoms. The normalized spacial score (nSPS) is 15.0. The fraction of sp³-hybridized carbons (Fsp3) is 0.292. The first kappa shape index (κ1) is 22.5. The molecule has 1 atom stereocenters. The Morgan fingerprint density at radius 2 is 2.15 bits per heavy atom. The standard InChI is InChI=1S/C24H26FN5O3/c1-30(2)10-11-32-21-13-15(19-8-9-27-24(26)29-19)6-7-20(21)28-23(31)17-12-16-4-3-5-18(25)22(16)33-14-17/h3-9,13,17H,10-12,14H2,1-2H3,(H,28,31)(H2,26,27,29). The topological polar surface area (TPSA) is 103 Å². The molecular weight excluding hydrogens is 425 g/mol. The Morgan fingerprint density at radius 3 is 2.94 bits per heavy atom. The quantitative estimate of drug-likeness (QED) is 0.569. The van der Waals surface area contributed by atoms with E-state index in [1.807, 2.05) is 31.1 Å². The van der Waals surface area contributed by atoms with Gasteiger partial charge in [0.15, 0.2) is 11.6 Å². The van der Waals surface area contributed by atoms with E-state index in [9.17, 15) is 9.18 Å². The minimum absolute atomic E-state index is 0.106. The summed E-state index contributed by atoms with van der Waals surface area (Å²) in [5, 5.41) is 2.95. The van der Waals surface area contributed by atoms with Gasteiger partial charge in [-0.05, 0) is 50.3 Å². The zero-order chi connectivity index (χ0) is 23.4. The van der Waals surface area contributed by atoms with Crippen LogP contribution in [0.1, 0.15) is 5.56 Å². The largest absolute Gasteiger partial charge is 0.490 e. The predicted molar refractivity (Wildman–Crippen MR) is 124 cm³/mol. The molecule has 2 aromatic carbocycles. The van der Waals surface area contributed by atoms with Gasteiger partial charge in [-0.25, -0.2) is 14.4 Å². The van der Waals surface area contributed by atoms with Crippen LogP contribution in [0.25, 0.3) is 11.3 Å². The van der Waals surface area contributed by atoms with Crippen LogP contribution < -0.4 is 20.5 Å². The lowest BCUT2D eigenvalue weighted by atomic mass is 9.95. The van der Waals surface area contributed by atoms with Crippen molar-refractivity contribution in [1.82, 2.24) is 14.9 Å². The van der Waals surface area contributed by atoms with Gasteiger partial charge in [-0.2, -0.15) is 0 Å². The van der Waals surface area contributed by atoms with Gasteiger partial charge in [0.1, 0.15) is 19.0 Å². The average Bonchev–Trinajstić information content (AvgIpc) is 2.79. The molecule has 0 bridgehead atoms. The van der Waals surface area contributed by atoms with Crippen LogP contribution in [0, 0.1) is 11.7 Å². The number of rotatable bonds is 7. The van der Waals surface area contributed by atoms with Crippen LogP contribution in [0.2, 0.25) is 0 Å². The van der Waals surface area contributed by atoms with Gasteiger partial charge in [-0.1, -0.05) is 18.2 Å². The summed E-state index contributed by atoms with van der Waals surface area (Å²) in [5.41, 5.74) is 8.37. The predicted octanol–water partition coefficient (Wildman–Crippen LogP) is 3.00. The summed E-state index contributed by atoms with van der Waals surface area (Å²) in [4.78, 5) is 23.2. The van der Waals surface area contributed by atoms with Gasteiger partial charge < -0.3 is 25.4 Å². The molecule has 0 fully saturated rings. The monoisotopic (exact) mass is 451 g/mol. The van der Waals surface area contributed by atoms with E-state index in [1.54, 1.807) is 30.5 Å². The lowest BCUT2D eigenvalue weighted by molar-refractivity contribution is -0.121. The van der Waals surface area contributed by atoms with E-state index in [4.69, 9.17) is 15.2 Å². The van der Waals surface area contributed by atoms with Crippen LogP contribution in [0.3, 0.4) is 0 Å². The highest BCUT2D eigenvalue weighted by atomic mass is 19.1. The maximum Gasteiger partial charge on any atom is 0.231 e. The third kappa shape index (κ3) is 5.38. The number of amides is 1. The molecule has 2 heterocycles. The smallest absolute Gasteiger partial charge is 0.231 e. The molecule has 3 aromatic rings. The summed E-state index contributed by atoms with van der Waals surface area (Å²) >= 11 is 0. The van der Waals surface area contributed by atoms with Crippen LogP contribution >= 0.6 is 0 Å². The number of para-hydroxylation sites is 1. The zero-order valence-electron chi connectivity index (χ0n) is 18.5. The Morgan fingerprint density at radius 1 is 1.30 bits per heavy atom. The van der Waals surface area contributed by atoms with Crippen LogP contribution in [0.4, 0.5) is 16.0 Å². The van der Waals surface area contributed by atoms with Crippen molar-refractivity contribution >= 4 is 17.5 Å². The molecule has 0 saturated heterocycles. The second-order valence-corrected chi connectivity index (χ2v) is 8.09. The Bertz CT molecular complexity index is 1150. The fourth-order valence-electron chi connectivity index (χ4n) is 3.56. The number of nitrogens with one attached hydrogen (secondary N) is 1. The highest BCUT2D eigenvalue weighted by Gasteiger charge is 2.28. The van der Waals surface area contributed by atoms with Crippen molar-refractivity contribution in [3.63, 3.8) is 0 Å². The SMILES string of the molecule is CN(C)CCOc1cc(-c2ccnc(N)n2)ccc1NC(=O)C1COc2c(F)cccc2C1. The number of aromatic nitrogens is 2. The lowest BCUT2D eigenvalue weighted by Gasteiger charge is -2.25. The first-order chi connectivity index (χ1) is 15.9. The van der Waals surface area contributed by atoms with E-state index in [-0.39, 0.29) is 24.2 Å². The van der Waals surface area contributed by atoms with Gasteiger partial charge in [0, 0.05) is 18.3 Å². The molecule has 4 rings (SSSR count). The van der Waals surface area contributed by atoms with E-state index in [0.29, 0.717) is 42.3 Å². The molecule has 0 aliphatic carbocycles. The van der Waals surface area contributed by atoms with Crippen molar-refractivity contribution in [2.24, 2.45) is 5.92 Å². The number of fused-ring (bicyclic) bond motifs is 1. The van der Waals surface area contributed by atoms with E-state index in [1.165, 1.54) is 6.07 Å². The van der Waals surface area contributed by atoms with Crippen molar-refractivity contribution < 1.29 is 18.7 Å². The average molecular weight is 452 g/mol. The van der Waals surface area contributed by atoms with Crippen molar-refractivity contribution in [2.75, 3.05) is 44.9 Å². The van der Waals surface area contributed by atoms with Crippen molar-refractivity contribution in [3.8, 4) is 22.8 Å². The zero-order valence-corrected chi connectivity index (χ0v) is 18.5. The molecule has 1 amide bonds. The molecule has 0 saturated carbocycles. The molecule has 172 valence electrons. The van der Waals surface area contributed by atoms with Crippen LogP contribution in [0.5, 0.6) is 11.5 Å². The molecule has 1 unspecified atom stereocenters. The molecular formula is C24H26FN5O3. The molecule has 9 heteroatoms. The molecule has 1 aliphatic rings. The summed E-state index contributed by atoms with van der Waals surface area (Å²) in [6.07, 6.45) is 1.98. The minimum Gasteiger partial charge on any atom is -0.490 e. The van der Waals surface area contributed by atoms with Crippen LogP contribution in [-0.4, -0.2) is 54.6 Å². The fourth-order valence-corrected chi connectivity index (χ4v) is 3.56. The van der Waals surface area contributed by atoms with Crippen molar-refractivity contribution in [2.45, 2.75) is 6.42 Å². The Hall–Kier alpha value is -3.72. The van der Waals surface area contributed by atoms with Crippen LogP contribution in [0.15, 0.2) is 48.7 Å². The maximum atomic E-state index is 13.9. The number of benzene rings is 2. The van der Waals surface area contributed by atoms with Gasteiger partial charge >= 0.3 is 0 Å². The number of nitrogens with zero attached hydrogens (tertiary/aromatic N) is 3. The summed E-state index contributed by atoms with van der Waals surface area (Å²) in [7, 11) is 3.91. The molecule has 3 N–H and O–H groups in total. The maximum absolute atomic E-state index is 13.9. The summed E-state index contributed by atoms with van der Waals surface area (Å²) in [6, 6.07) is 11.9. The van der Waals surface area contributed by atoms with Gasteiger partial charge in [0.05, 0.1) is 17.3 Å². The van der Waals surface area contributed by atoms with E-state index in [0.717, 1.165) is 5.56 Å². The molecule has 1 aromatic heterocycles. The summed E-state index contributed by atoms with van der Waals surface area (Å²) in [5.74, 6) is -0.166. The highest BCUT2D eigenvalue weighted by Crippen LogP contribution is 2.33. The van der Waals surface area contributed by atoms with Crippen molar-refractivity contribution in [1.29, 1.82) is 0 Å². The Labute approximate surface area is 191 Å². The number of carbonyl (C=O) groups is 1. The van der Waals surface area contributed by atoms with Gasteiger partial charge in [-0.15, -0.1) is 0 Å². The number of nitrogen functional groups attached to an aromatic ring is 1. The number of hydrogen-bond acceptors (Lipinski definition) is 7. The number of carbonyl (C=O) groups excluding carboxylic acids is 1.